The summed E-state index contributed by atoms with van der Waals surface area (Å²) in [6.45, 7) is 0.127. The van der Waals surface area contributed by atoms with Gasteiger partial charge in [-0.2, -0.15) is 0 Å². The van der Waals surface area contributed by atoms with Crippen LogP contribution >= 0.6 is 0 Å². The molecule has 2 N–H and O–H groups in total. The lowest BCUT2D eigenvalue weighted by Crippen LogP contribution is -2.44. The molecule has 0 spiro atoms. The van der Waals surface area contributed by atoms with E-state index in [-0.39, 0.29) is 12.5 Å². The molecule has 1 aromatic rings. The number of rotatable bonds is 6. The first-order valence-corrected chi connectivity index (χ1v) is 7.76. The van der Waals surface area contributed by atoms with Crippen molar-refractivity contribution in [3.63, 3.8) is 0 Å². The Hall–Kier alpha value is -2.24. The van der Waals surface area contributed by atoms with Crippen molar-refractivity contribution in [3.05, 3.63) is 23.8 Å². The number of carboxylic acids is 1. The topological polar surface area (TPSA) is 84.9 Å². The lowest BCUT2D eigenvalue weighted by atomic mass is 9.74. The summed E-state index contributed by atoms with van der Waals surface area (Å²) in [6.07, 6.45) is 4.00. The van der Waals surface area contributed by atoms with Gasteiger partial charge in [0.25, 0.3) is 5.91 Å². The Balaban J connectivity index is 2.13. The molecular weight excluding hydrogens is 298 g/mol. The molecule has 0 atom stereocenters. The van der Waals surface area contributed by atoms with Gasteiger partial charge in [-0.05, 0) is 31.0 Å². The van der Waals surface area contributed by atoms with Crippen molar-refractivity contribution in [1.29, 1.82) is 0 Å². The van der Waals surface area contributed by atoms with Crippen molar-refractivity contribution < 1.29 is 24.2 Å². The zero-order valence-corrected chi connectivity index (χ0v) is 13.6. The summed E-state index contributed by atoms with van der Waals surface area (Å²) in [5.41, 5.74) is -0.525. The zero-order valence-electron chi connectivity index (χ0n) is 13.6. The Labute approximate surface area is 135 Å². The number of amides is 1. The Morgan fingerprint density at radius 2 is 1.87 bits per heavy atom. The van der Waals surface area contributed by atoms with Gasteiger partial charge in [0, 0.05) is 6.54 Å². The first kappa shape index (κ1) is 17.1. The third kappa shape index (κ3) is 3.75. The van der Waals surface area contributed by atoms with E-state index in [1.807, 2.05) is 0 Å². The minimum absolute atomic E-state index is 0.127. The van der Waals surface area contributed by atoms with Crippen LogP contribution in [0.1, 0.15) is 42.5 Å². The normalized spacial score (nSPS) is 16.4. The third-order valence-corrected chi connectivity index (χ3v) is 4.50. The highest BCUT2D eigenvalue weighted by Crippen LogP contribution is 2.36. The van der Waals surface area contributed by atoms with E-state index in [0.717, 1.165) is 19.3 Å². The second-order valence-corrected chi connectivity index (χ2v) is 5.90. The molecule has 0 aliphatic heterocycles. The van der Waals surface area contributed by atoms with Crippen LogP contribution in [0.15, 0.2) is 18.2 Å². The number of carbonyl (C=O) groups excluding carboxylic acids is 1. The smallest absolute Gasteiger partial charge is 0.311 e. The van der Waals surface area contributed by atoms with Crippen LogP contribution in [0.4, 0.5) is 0 Å². The van der Waals surface area contributed by atoms with Crippen LogP contribution in [-0.2, 0) is 4.79 Å². The largest absolute Gasteiger partial charge is 0.497 e. The molecule has 126 valence electrons. The summed E-state index contributed by atoms with van der Waals surface area (Å²) in [5.74, 6) is -0.222. The minimum atomic E-state index is -0.861. The fourth-order valence-electron chi connectivity index (χ4n) is 3.03. The van der Waals surface area contributed by atoms with Crippen LogP contribution < -0.4 is 14.8 Å². The summed E-state index contributed by atoms with van der Waals surface area (Å²) < 4.78 is 10.3. The predicted molar refractivity (Wildman–Crippen MR) is 85.0 cm³/mol. The number of aliphatic carboxylic acids is 1. The predicted octanol–water partition coefficient (Wildman–Crippen LogP) is 2.47. The maximum Gasteiger partial charge on any atom is 0.311 e. The van der Waals surface area contributed by atoms with Crippen molar-refractivity contribution in [2.45, 2.75) is 32.1 Å². The molecule has 2 rings (SSSR count). The number of hydrogen-bond acceptors (Lipinski definition) is 4. The van der Waals surface area contributed by atoms with E-state index in [0.29, 0.717) is 29.9 Å². The summed E-state index contributed by atoms with van der Waals surface area (Å²) in [7, 11) is 3.00. The van der Waals surface area contributed by atoms with Gasteiger partial charge in [0.2, 0.25) is 0 Å². The number of benzene rings is 1. The van der Waals surface area contributed by atoms with Crippen LogP contribution in [-0.4, -0.2) is 37.7 Å². The average Bonchev–Trinajstić information content (AvgIpc) is 2.59. The molecule has 0 unspecified atom stereocenters. The van der Waals surface area contributed by atoms with Gasteiger partial charge in [0.15, 0.2) is 0 Å². The number of carboxylic acid groups (broad SMARTS) is 1. The number of ether oxygens (including phenoxy) is 2. The van der Waals surface area contributed by atoms with Crippen LogP contribution in [0, 0.1) is 5.41 Å². The molecule has 0 aromatic heterocycles. The van der Waals surface area contributed by atoms with Gasteiger partial charge < -0.3 is 19.9 Å². The molecular formula is C17H23NO5. The van der Waals surface area contributed by atoms with Crippen molar-refractivity contribution in [2.24, 2.45) is 5.41 Å². The average molecular weight is 321 g/mol. The first-order chi connectivity index (χ1) is 11.0. The molecule has 6 heteroatoms. The van der Waals surface area contributed by atoms with Crippen LogP contribution in [0.3, 0.4) is 0 Å². The highest BCUT2D eigenvalue weighted by Gasteiger charge is 2.39. The third-order valence-electron chi connectivity index (χ3n) is 4.50. The van der Waals surface area contributed by atoms with Crippen molar-refractivity contribution in [2.75, 3.05) is 20.8 Å². The maximum atomic E-state index is 12.5. The van der Waals surface area contributed by atoms with Gasteiger partial charge >= 0.3 is 5.97 Å². The van der Waals surface area contributed by atoms with Gasteiger partial charge in [-0.15, -0.1) is 0 Å². The molecule has 1 aliphatic rings. The van der Waals surface area contributed by atoms with Gasteiger partial charge in [0.1, 0.15) is 11.5 Å². The van der Waals surface area contributed by atoms with Gasteiger partial charge in [0.05, 0.1) is 25.2 Å². The van der Waals surface area contributed by atoms with E-state index in [4.69, 9.17) is 9.47 Å². The highest BCUT2D eigenvalue weighted by molar-refractivity contribution is 5.97. The second kappa shape index (κ2) is 7.35. The van der Waals surface area contributed by atoms with E-state index >= 15 is 0 Å². The molecule has 0 heterocycles. The number of carbonyl (C=O) groups is 2. The van der Waals surface area contributed by atoms with Crippen LogP contribution in [0.5, 0.6) is 11.5 Å². The second-order valence-electron chi connectivity index (χ2n) is 5.90. The number of nitrogens with one attached hydrogen (secondary N) is 1. The number of hydrogen-bond donors (Lipinski definition) is 2. The lowest BCUT2D eigenvalue weighted by molar-refractivity contribution is -0.150. The lowest BCUT2D eigenvalue weighted by Gasteiger charge is -2.33. The van der Waals surface area contributed by atoms with Crippen LogP contribution in [0.2, 0.25) is 0 Å². The SMILES string of the molecule is COc1ccc(OC)c(C(=O)NCC2(C(=O)O)CCCCC2)c1. The molecule has 0 bridgehead atoms. The van der Waals surface area contributed by atoms with Gasteiger partial charge in [-0.1, -0.05) is 19.3 Å². The standard InChI is InChI=1S/C17H23NO5/c1-22-12-6-7-14(23-2)13(10-12)15(19)18-11-17(16(20)21)8-4-3-5-9-17/h6-7,10H,3-5,8-9,11H2,1-2H3,(H,18,19)(H,20,21). The fraction of sp³-hybridized carbons (Fsp3) is 0.529. The van der Waals surface area contributed by atoms with Crippen LogP contribution in [0.25, 0.3) is 0 Å². The summed E-state index contributed by atoms with van der Waals surface area (Å²) >= 11 is 0. The Morgan fingerprint density at radius 1 is 1.17 bits per heavy atom. The van der Waals surface area contributed by atoms with E-state index in [1.54, 1.807) is 18.2 Å². The van der Waals surface area contributed by atoms with Crippen molar-refractivity contribution in [1.82, 2.24) is 5.32 Å². The Kier molecular flexibility index (Phi) is 5.47. The van der Waals surface area contributed by atoms with Crippen molar-refractivity contribution in [3.8, 4) is 11.5 Å². The molecule has 1 amide bonds. The summed E-state index contributed by atoms with van der Waals surface area (Å²) in [6, 6.07) is 4.94. The molecule has 23 heavy (non-hydrogen) atoms. The molecule has 6 nitrogen and oxygen atoms in total. The monoisotopic (exact) mass is 321 g/mol. The summed E-state index contributed by atoms with van der Waals surface area (Å²) in [5, 5.41) is 12.3. The Morgan fingerprint density at radius 3 is 2.43 bits per heavy atom. The fourth-order valence-corrected chi connectivity index (χ4v) is 3.03. The molecule has 0 radical (unpaired) electrons. The maximum absolute atomic E-state index is 12.5. The quantitative estimate of drug-likeness (QED) is 0.841. The van der Waals surface area contributed by atoms with E-state index in [9.17, 15) is 14.7 Å². The van der Waals surface area contributed by atoms with Gasteiger partial charge in [-0.3, -0.25) is 9.59 Å². The zero-order chi connectivity index (χ0) is 16.9. The van der Waals surface area contributed by atoms with Crippen molar-refractivity contribution >= 4 is 11.9 Å². The van der Waals surface area contributed by atoms with E-state index < -0.39 is 11.4 Å². The highest BCUT2D eigenvalue weighted by atomic mass is 16.5. The Bertz CT molecular complexity index is 578. The minimum Gasteiger partial charge on any atom is -0.497 e. The first-order valence-electron chi connectivity index (χ1n) is 7.76. The molecule has 1 aliphatic carbocycles. The van der Waals surface area contributed by atoms with E-state index in [2.05, 4.69) is 5.32 Å². The van der Waals surface area contributed by atoms with Gasteiger partial charge in [-0.25, -0.2) is 0 Å². The molecule has 1 fully saturated rings. The molecule has 0 saturated heterocycles. The molecule has 1 saturated carbocycles. The van der Waals surface area contributed by atoms with E-state index in [1.165, 1.54) is 14.2 Å². The summed E-state index contributed by atoms with van der Waals surface area (Å²) in [4.78, 5) is 24.1. The molecule has 1 aromatic carbocycles. The number of methoxy groups -OCH3 is 2.